The van der Waals surface area contributed by atoms with E-state index in [-0.39, 0.29) is 11.9 Å². The van der Waals surface area contributed by atoms with Crippen LogP contribution in [0.4, 0.5) is 0 Å². The van der Waals surface area contributed by atoms with E-state index in [0.29, 0.717) is 29.4 Å². The molecule has 29 heavy (non-hydrogen) atoms. The standard InChI is InChI=1S/C22H24N2O4S/c1-14-8-20(26-3)21(27-4)10-19(14)15(2)24-22(25)16-6-5-7-18(9-16)28-11-17-12-29-13-23-17/h5-10,12-13,15H,11H2,1-4H3,(H,24,25). The molecule has 0 spiro atoms. The lowest BCUT2D eigenvalue weighted by Crippen LogP contribution is -2.27. The second-order valence-corrected chi connectivity index (χ2v) is 7.27. The SMILES string of the molecule is COc1cc(C)c(C(C)NC(=O)c2cccc(OCc3cscn3)c2)cc1OC. The van der Waals surface area contributed by atoms with E-state index in [1.807, 2.05) is 37.4 Å². The summed E-state index contributed by atoms with van der Waals surface area (Å²) < 4.78 is 16.5. The van der Waals surface area contributed by atoms with Crippen LogP contribution < -0.4 is 19.5 Å². The van der Waals surface area contributed by atoms with Gasteiger partial charge in [-0.05, 0) is 55.3 Å². The first kappa shape index (κ1) is 20.7. The Bertz CT molecular complexity index is 973. The van der Waals surface area contributed by atoms with Crippen molar-refractivity contribution < 1.29 is 19.0 Å². The number of carbonyl (C=O) groups excluding carboxylic acids is 1. The maximum Gasteiger partial charge on any atom is 0.251 e. The first-order valence-electron chi connectivity index (χ1n) is 9.15. The molecule has 7 heteroatoms. The second-order valence-electron chi connectivity index (χ2n) is 6.56. The zero-order chi connectivity index (χ0) is 20.8. The van der Waals surface area contributed by atoms with E-state index in [4.69, 9.17) is 14.2 Å². The molecule has 1 heterocycles. The number of thiazole rings is 1. The average molecular weight is 413 g/mol. The van der Waals surface area contributed by atoms with Gasteiger partial charge in [-0.2, -0.15) is 0 Å². The molecule has 3 aromatic rings. The highest BCUT2D eigenvalue weighted by molar-refractivity contribution is 7.07. The Morgan fingerprint density at radius 1 is 1.17 bits per heavy atom. The summed E-state index contributed by atoms with van der Waals surface area (Å²) in [5.74, 6) is 1.75. The summed E-state index contributed by atoms with van der Waals surface area (Å²) in [6, 6.07) is 10.7. The molecule has 152 valence electrons. The molecule has 0 radical (unpaired) electrons. The van der Waals surface area contributed by atoms with Crippen molar-refractivity contribution in [2.75, 3.05) is 14.2 Å². The van der Waals surface area contributed by atoms with Crippen molar-refractivity contribution in [1.82, 2.24) is 10.3 Å². The summed E-state index contributed by atoms with van der Waals surface area (Å²) in [4.78, 5) is 17.0. The Morgan fingerprint density at radius 2 is 1.93 bits per heavy atom. The Hall–Kier alpha value is -3.06. The van der Waals surface area contributed by atoms with Gasteiger partial charge in [-0.25, -0.2) is 4.98 Å². The third-order valence-electron chi connectivity index (χ3n) is 4.55. The van der Waals surface area contributed by atoms with Crippen molar-refractivity contribution >= 4 is 17.2 Å². The molecule has 0 bridgehead atoms. The van der Waals surface area contributed by atoms with Crippen LogP contribution in [0.2, 0.25) is 0 Å². The minimum atomic E-state index is -0.207. The number of carbonyl (C=O) groups is 1. The molecule has 2 aromatic carbocycles. The van der Waals surface area contributed by atoms with E-state index in [1.54, 1.807) is 37.9 Å². The quantitative estimate of drug-likeness (QED) is 0.588. The van der Waals surface area contributed by atoms with Gasteiger partial charge in [0.15, 0.2) is 11.5 Å². The highest BCUT2D eigenvalue weighted by Crippen LogP contribution is 2.33. The van der Waals surface area contributed by atoms with Gasteiger partial charge >= 0.3 is 0 Å². The maximum atomic E-state index is 12.8. The second kappa shape index (κ2) is 9.43. The topological polar surface area (TPSA) is 69.7 Å². The molecule has 1 aromatic heterocycles. The third kappa shape index (κ3) is 5.06. The van der Waals surface area contributed by atoms with Crippen LogP contribution in [0.5, 0.6) is 17.2 Å². The number of rotatable bonds is 8. The molecule has 1 N–H and O–H groups in total. The summed E-state index contributed by atoms with van der Waals surface area (Å²) in [6.45, 7) is 4.29. The van der Waals surface area contributed by atoms with Crippen LogP contribution in [-0.4, -0.2) is 25.1 Å². The van der Waals surface area contributed by atoms with E-state index in [0.717, 1.165) is 16.8 Å². The van der Waals surface area contributed by atoms with Gasteiger partial charge in [0, 0.05) is 10.9 Å². The number of nitrogens with zero attached hydrogens (tertiary/aromatic N) is 1. The number of aromatic nitrogens is 1. The Labute approximate surface area is 174 Å². The fourth-order valence-electron chi connectivity index (χ4n) is 3.01. The molecule has 1 atom stereocenters. The summed E-state index contributed by atoms with van der Waals surface area (Å²) in [5.41, 5.74) is 5.14. The number of nitrogens with one attached hydrogen (secondary N) is 1. The predicted molar refractivity (Wildman–Crippen MR) is 113 cm³/mol. The highest BCUT2D eigenvalue weighted by Gasteiger charge is 2.17. The van der Waals surface area contributed by atoms with E-state index < -0.39 is 0 Å². The largest absolute Gasteiger partial charge is 0.493 e. The molecule has 1 amide bonds. The normalized spacial score (nSPS) is 11.6. The minimum absolute atomic E-state index is 0.175. The van der Waals surface area contributed by atoms with Crippen molar-refractivity contribution in [3.8, 4) is 17.2 Å². The minimum Gasteiger partial charge on any atom is -0.493 e. The molecule has 6 nitrogen and oxygen atoms in total. The molecule has 3 rings (SSSR count). The monoisotopic (exact) mass is 412 g/mol. The van der Waals surface area contributed by atoms with Gasteiger partial charge < -0.3 is 19.5 Å². The Morgan fingerprint density at radius 3 is 2.62 bits per heavy atom. The van der Waals surface area contributed by atoms with Gasteiger partial charge in [-0.3, -0.25) is 4.79 Å². The molecular formula is C22H24N2O4S. The zero-order valence-corrected chi connectivity index (χ0v) is 17.7. The van der Waals surface area contributed by atoms with Crippen LogP contribution in [0.3, 0.4) is 0 Å². The van der Waals surface area contributed by atoms with E-state index in [1.165, 1.54) is 11.3 Å². The highest BCUT2D eigenvalue weighted by atomic mass is 32.1. The maximum absolute atomic E-state index is 12.8. The van der Waals surface area contributed by atoms with Crippen molar-refractivity contribution in [1.29, 1.82) is 0 Å². The molecule has 0 aliphatic carbocycles. The molecule has 0 saturated heterocycles. The molecule has 0 saturated carbocycles. The van der Waals surface area contributed by atoms with Crippen molar-refractivity contribution in [3.63, 3.8) is 0 Å². The molecule has 0 fully saturated rings. The predicted octanol–water partition coefficient (Wildman–Crippen LogP) is 4.54. The fourth-order valence-corrected chi connectivity index (χ4v) is 3.56. The summed E-state index contributed by atoms with van der Waals surface area (Å²) in [5, 5.41) is 4.97. The van der Waals surface area contributed by atoms with E-state index in [9.17, 15) is 4.79 Å². The number of ether oxygens (including phenoxy) is 3. The lowest BCUT2D eigenvalue weighted by molar-refractivity contribution is 0.0939. The van der Waals surface area contributed by atoms with Crippen LogP contribution in [0.15, 0.2) is 47.3 Å². The van der Waals surface area contributed by atoms with Crippen LogP contribution in [-0.2, 0) is 6.61 Å². The van der Waals surface area contributed by atoms with Gasteiger partial charge in [0.25, 0.3) is 5.91 Å². The molecular weight excluding hydrogens is 388 g/mol. The summed E-state index contributed by atoms with van der Waals surface area (Å²) in [7, 11) is 3.20. The van der Waals surface area contributed by atoms with Crippen molar-refractivity contribution in [3.05, 3.63) is 69.7 Å². The van der Waals surface area contributed by atoms with Gasteiger partial charge in [0.05, 0.1) is 31.5 Å². The Kier molecular flexibility index (Phi) is 6.72. The van der Waals surface area contributed by atoms with Crippen LogP contribution in [0, 0.1) is 6.92 Å². The van der Waals surface area contributed by atoms with Gasteiger partial charge in [0.2, 0.25) is 0 Å². The molecule has 0 aliphatic heterocycles. The summed E-state index contributed by atoms with van der Waals surface area (Å²) >= 11 is 1.52. The first-order valence-corrected chi connectivity index (χ1v) is 10.1. The van der Waals surface area contributed by atoms with Crippen LogP contribution in [0.25, 0.3) is 0 Å². The zero-order valence-electron chi connectivity index (χ0n) is 16.9. The van der Waals surface area contributed by atoms with E-state index in [2.05, 4.69) is 10.3 Å². The number of amides is 1. The summed E-state index contributed by atoms with van der Waals surface area (Å²) in [6.07, 6.45) is 0. The lowest BCUT2D eigenvalue weighted by atomic mass is 10.0. The third-order valence-corrected chi connectivity index (χ3v) is 5.19. The van der Waals surface area contributed by atoms with Crippen LogP contribution in [0.1, 0.15) is 40.1 Å². The first-order chi connectivity index (χ1) is 14.0. The van der Waals surface area contributed by atoms with Crippen molar-refractivity contribution in [2.24, 2.45) is 0 Å². The number of benzene rings is 2. The number of hydrogen-bond acceptors (Lipinski definition) is 6. The van der Waals surface area contributed by atoms with Crippen molar-refractivity contribution in [2.45, 2.75) is 26.5 Å². The lowest BCUT2D eigenvalue weighted by Gasteiger charge is -2.19. The fraction of sp³-hybridized carbons (Fsp3) is 0.273. The molecule has 1 unspecified atom stereocenters. The molecule has 0 aliphatic rings. The van der Waals surface area contributed by atoms with Gasteiger partial charge in [-0.15, -0.1) is 11.3 Å². The number of methoxy groups -OCH3 is 2. The van der Waals surface area contributed by atoms with E-state index >= 15 is 0 Å². The average Bonchev–Trinajstić information content (AvgIpc) is 3.25. The smallest absolute Gasteiger partial charge is 0.251 e. The van der Waals surface area contributed by atoms with Gasteiger partial charge in [-0.1, -0.05) is 6.07 Å². The Balaban J connectivity index is 1.70. The number of hydrogen-bond donors (Lipinski definition) is 1. The van der Waals surface area contributed by atoms with Crippen LogP contribution >= 0.6 is 11.3 Å². The van der Waals surface area contributed by atoms with Gasteiger partial charge in [0.1, 0.15) is 12.4 Å². The number of aryl methyl sites for hydroxylation is 1.